The number of aromatic amines is 1. The first kappa shape index (κ1) is 28.8. The zero-order valence-corrected chi connectivity index (χ0v) is 22.4. The number of imidazole rings is 1. The van der Waals surface area contributed by atoms with Crippen LogP contribution in [0.1, 0.15) is 30.9 Å². The molecule has 0 bridgehead atoms. The van der Waals surface area contributed by atoms with E-state index in [0.29, 0.717) is 0 Å². The molecule has 20 heteroatoms. The van der Waals surface area contributed by atoms with E-state index in [1.807, 2.05) is 0 Å². The molecule has 0 aliphatic carbocycles. The van der Waals surface area contributed by atoms with Gasteiger partial charge in [0.25, 0.3) is 5.56 Å². The lowest BCUT2D eigenvalue weighted by molar-refractivity contribution is -0.203. The molecule has 5 rings (SSSR count). The van der Waals surface area contributed by atoms with Gasteiger partial charge in [0.05, 0.1) is 25.5 Å². The summed E-state index contributed by atoms with van der Waals surface area (Å²) in [7, 11) is 0. The molecule has 8 N–H and O–H groups in total. The van der Waals surface area contributed by atoms with Crippen LogP contribution < -0.4 is 17.0 Å². The fourth-order valence-electron chi connectivity index (χ4n) is 4.57. The number of aryl methyl sites for hydroxylation is 1. The van der Waals surface area contributed by atoms with Gasteiger partial charge in [0.2, 0.25) is 5.79 Å². The summed E-state index contributed by atoms with van der Waals surface area (Å²) in [5, 5.41) is 42.0. The molecule has 0 amide bonds. The zero-order valence-electron chi connectivity index (χ0n) is 20.7. The molecule has 2 unspecified atom stereocenters. The van der Waals surface area contributed by atoms with Crippen LogP contribution in [0.25, 0.3) is 11.2 Å². The number of nitrogens with zero attached hydrogens (tertiary/aromatic N) is 5. The predicted molar refractivity (Wildman–Crippen MR) is 136 cm³/mol. The van der Waals surface area contributed by atoms with E-state index in [4.69, 9.17) is 36.1 Å². The second-order valence-corrected chi connectivity index (χ2v) is 12.0. The van der Waals surface area contributed by atoms with Crippen LogP contribution >= 0.6 is 6.72 Å². The minimum Gasteiger partial charge on any atom is -0.393 e. The molecule has 40 heavy (non-hydrogen) atoms. The number of aliphatic hydroxyl groups excluding tert-OH is 3. The predicted octanol–water partition coefficient (Wildman–Crippen LogP) is -2.55. The van der Waals surface area contributed by atoms with E-state index in [0.717, 1.165) is 4.57 Å². The molecular weight excluding hydrogens is 577 g/mol. The van der Waals surface area contributed by atoms with Gasteiger partial charge < -0.3 is 40.5 Å². The quantitative estimate of drug-likeness (QED) is 0.103. The second-order valence-electron chi connectivity index (χ2n) is 9.29. The number of nitrogens with one attached hydrogen (secondary N) is 1. The molecule has 8 atom stereocenters. The van der Waals surface area contributed by atoms with Gasteiger partial charge in [-0.1, -0.05) is 0 Å². The number of nitrogen functional groups attached to an aromatic ring is 1. The Balaban J connectivity index is 1.29. The maximum atomic E-state index is 12.2. The summed E-state index contributed by atoms with van der Waals surface area (Å²) >= 11 is 4.99. The minimum atomic E-state index is -4.50. The standard InChI is InChI=1S/C20H26N7O11PS/c1-8-4-26(19(32)25-17(8)30)11-2-9(29)14(36-11)18(31)37-39(34,40)38-20(33)3-12(35-10(20)5-28)27-7-24-13-15(21)22-6-23-16(13)27/h4,6-7,9-12,14,18,28-29,31,33H,2-3,5H2,1H3,(H,34,40)(H2,21,22,23)(H,25,30,32)/t9-,10+,11+,12+,14-,18?,20+,39?/m0/s1. The van der Waals surface area contributed by atoms with Gasteiger partial charge >= 0.3 is 12.4 Å². The van der Waals surface area contributed by atoms with Crippen LogP contribution in [-0.2, 0) is 30.3 Å². The summed E-state index contributed by atoms with van der Waals surface area (Å²) in [4.78, 5) is 48.7. The van der Waals surface area contributed by atoms with E-state index < -0.39 is 67.4 Å². The van der Waals surface area contributed by atoms with Gasteiger partial charge in [-0.05, 0) is 18.7 Å². The smallest absolute Gasteiger partial charge is 0.330 e. The molecule has 0 saturated carbocycles. The molecule has 2 fully saturated rings. The minimum absolute atomic E-state index is 0.110. The molecular formula is C20H26N7O11PS. The molecule has 0 spiro atoms. The van der Waals surface area contributed by atoms with Crippen LogP contribution in [-0.4, -0.2) is 91.4 Å². The number of aliphatic hydroxyl groups is 4. The summed E-state index contributed by atoms with van der Waals surface area (Å²) in [5.41, 5.74) is 5.17. The van der Waals surface area contributed by atoms with Crippen LogP contribution in [0.15, 0.2) is 28.4 Å². The van der Waals surface area contributed by atoms with Gasteiger partial charge in [-0.3, -0.25) is 28.0 Å². The van der Waals surface area contributed by atoms with Crippen LogP contribution in [0.2, 0.25) is 0 Å². The van der Waals surface area contributed by atoms with Gasteiger partial charge in [-0.25, -0.2) is 19.7 Å². The Morgan fingerprint density at radius 2 is 2.05 bits per heavy atom. The maximum absolute atomic E-state index is 12.2. The summed E-state index contributed by atoms with van der Waals surface area (Å²) in [5.74, 6) is -2.28. The van der Waals surface area contributed by atoms with Crippen molar-refractivity contribution in [2.75, 3.05) is 12.3 Å². The number of nitrogens with two attached hydrogens (primary N) is 1. The van der Waals surface area contributed by atoms with Crippen molar-refractivity contribution in [2.24, 2.45) is 0 Å². The largest absolute Gasteiger partial charge is 0.393 e. The highest BCUT2D eigenvalue weighted by Gasteiger charge is 2.53. The highest BCUT2D eigenvalue weighted by atomic mass is 32.5. The van der Waals surface area contributed by atoms with Crippen molar-refractivity contribution in [3.63, 3.8) is 0 Å². The van der Waals surface area contributed by atoms with Gasteiger partial charge in [0.1, 0.15) is 36.5 Å². The van der Waals surface area contributed by atoms with E-state index in [-0.39, 0.29) is 35.4 Å². The zero-order chi connectivity index (χ0) is 29.0. The fraction of sp³-hybridized carbons (Fsp3) is 0.550. The van der Waals surface area contributed by atoms with Gasteiger partial charge in [0.15, 0.2) is 17.8 Å². The van der Waals surface area contributed by atoms with Gasteiger partial charge in [-0.15, -0.1) is 0 Å². The first-order valence-corrected chi connectivity index (χ1v) is 14.4. The lowest BCUT2D eigenvalue weighted by Gasteiger charge is -2.32. The molecule has 0 radical (unpaired) electrons. The van der Waals surface area contributed by atoms with Crippen molar-refractivity contribution in [2.45, 2.75) is 62.6 Å². The molecule has 5 heterocycles. The molecule has 18 nitrogen and oxygen atoms in total. The topological polar surface area (TPSA) is 263 Å². The first-order valence-electron chi connectivity index (χ1n) is 11.8. The number of aromatic nitrogens is 6. The number of H-pyrrole nitrogens is 1. The van der Waals surface area contributed by atoms with Gasteiger partial charge in [-0.2, -0.15) is 0 Å². The van der Waals surface area contributed by atoms with Gasteiger partial charge in [0, 0.05) is 18.2 Å². The SMILES string of the molecule is Cc1cn([C@H]2C[C@H](O)[C@@H](C(O)OP(O)(=S)O[C@]3(O)C[C@H](n4cnc5c(N)ncnc54)O[C@@H]3CO)O2)c(=O)[nH]c1=O. The second kappa shape index (κ2) is 10.6. The molecule has 2 saturated heterocycles. The third-order valence-corrected chi connectivity index (χ3v) is 8.05. The van der Waals surface area contributed by atoms with Crippen LogP contribution in [0.3, 0.4) is 0 Å². The Bertz CT molecular complexity index is 1580. The highest BCUT2D eigenvalue weighted by molar-refractivity contribution is 8.07. The molecule has 3 aromatic heterocycles. The van der Waals surface area contributed by atoms with E-state index >= 15 is 0 Å². The first-order chi connectivity index (χ1) is 18.8. The van der Waals surface area contributed by atoms with Crippen LogP contribution in [0, 0.1) is 6.92 Å². The summed E-state index contributed by atoms with van der Waals surface area (Å²) in [6.45, 7) is -3.79. The van der Waals surface area contributed by atoms with Crippen molar-refractivity contribution in [1.29, 1.82) is 0 Å². The number of hydrogen-bond donors (Lipinski definition) is 7. The number of rotatable bonds is 8. The summed E-state index contributed by atoms with van der Waals surface area (Å²) in [6, 6.07) is 0. The normalized spacial score (nSPS) is 31.0. The van der Waals surface area contributed by atoms with E-state index in [2.05, 4.69) is 19.9 Å². The Hall–Kier alpha value is -2.68. The Labute approximate surface area is 228 Å². The van der Waals surface area contributed by atoms with Crippen LogP contribution in [0.5, 0.6) is 0 Å². The average Bonchev–Trinajstić information content (AvgIpc) is 3.56. The fourth-order valence-corrected chi connectivity index (χ4v) is 6.25. The Morgan fingerprint density at radius 1 is 1.30 bits per heavy atom. The summed E-state index contributed by atoms with van der Waals surface area (Å²) < 4.78 is 24.1. The number of hydrogen-bond acceptors (Lipinski definition) is 15. The molecule has 2 aliphatic rings. The molecule has 218 valence electrons. The van der Waals surface area contributed by atoms with E-state index in [1.165, 1.54) is 30.3 Å². The lowest BCUT2D eigenvalue weighted by Crippen LogP contribution is -2.43. The summed E-state index contributed by atoms with van der Waals surface area (Å²) in [6.07, 6.45) is -5.24. The third kappa shape index (κ3) is 5.33. The number of fused-ring (bicyclic) bond motifs is 1. The average molecular weight is 604 g/mol. The molecule has 3 aromatic rings. The maximum Gasteiger partial charge on any atom is 0.330 e. The van der Waals surface area contributed by atoms with E-state index in [1.54, 1.807) is 0 Å². The van der Waals surface area contributed by atoms with Crippen molar-refractivity contribution < 1.29 is 43.8 Å². The molecule has 0 aromatic carbocycles. The van der Waals surface area contributed by atoms with Crippen LogP contribution in [0.4, 0.5) is 5.82 Å². The molecule has 2 aliphatic heterocycles. The van der Waals surface area contributed by atoms with Crippen molar-refractivity contribution in [3.8, 4) is 0 Å². The monoisotopic (exact) mass is 603 g/mol. The van der Waals surface area contributed by atoms with Crippen molar-refractivity contribution >= 4 is 35.5 Å². The number of ether oxygens (including phenoxy) is 2. The van der Waals surface area contributed by atoms with Crippen molar-refractivity contribution in [3.05, 3.63) is 45.3 Å². The highest BCUT2D eigenvalue weighted by Crippen LogP contribution is 2.54. The Morgan fingerprint density at radius 3 is 2.77 bits per heavy atom. The third-order valence-electron chi connectivity index (χ3n) is 6.54. The number of anilines is 1. The lowest BCUT2D eigenvalue weighted by atomic mass is 10.1. The Kier molecular flexibility index (Phi) is 7.66. The van der Waals surface area contributed by atoms with E-state index in [9.17, 15) is 34.9 Å². The van der Waals surface area contributed by atoms with Crippen molar-refractivity contribution in [1.82, 2.24) is 29.1 Å².